The van der Waals surface area contributed by atoms with Crippen molar-refractivity contribution in [2.75, 3.05) is 13.2 Å². The van der Waals surface area contributed by atoms with Gasteiger partial charge >= 0.3 is 12.1 Å². The number of carbonyl (C=O) groups excluding carboxylic acids is 2. The van der Waals surface area contributed by atoms with Crippen LogP contribution in [0, 0.1) is 5.41 Å². The second-order valence-corrected chi connectivity index (χ2v) is 4.42. The van der Waals surface area contributed by atoms with Gasteiger partial charge < -0.3 is 9.57 Å². The van der Waals surface area contributed by atoms with Crippen LogP contribution >= 0.6 is 0 Å². The zero-order chi connectivity index (χ0) is 10.8. The smallest absolute Gasteiger partial charge is 0.443 e. The second kappa shape index (κ2) is 3.86. The van der Waals surface area contributed by atoms with E-state index < -0.39 is 12.1 Å². The van der Waals surface area contributed by atoms with E-state index in [9.17, 15) is 9.59 Å². The lowest BCUT2D eigenvalue weighted by Gasteiger charge is -2.18. The fourth-order valence-corrected chi connectivity index (χ4v) is 1.05. The first-order valence-corrected chi connectivity index (χ1v) is 4.53. The number of cyclic esters (lactones) is 1. The van der Waals surface area contributed by atoms with Crippen LogP contribution in [-0.2, 0) is 14.4 Å². The van der Waals surface area contributed by atoms with Gasteiger partial charge in [-0.15, -0.1) is 5.06 Å². The summed E-state index contributed by atoms with van der Waals surface area (Å²) in [6, 6.07) is 0. The van der Waals surface area contributed by atoms with E-state index in [0.717, 1.165) is 5.06 Å². The first-order chi connectivity index (χ1) is 6.38. The third-order valence-corrected chi connectivity index (χ3v) is 1.61. The number of hydroxylamine groups is 2. The van der Waals surface area contributed by atoms with Crippen molar-refractivity contribution >= 4 is 12.1 Å². The molecule has 0 aliphatic carbocycles. The molecule has 1 rings (SSSR count). The van der Waals surface area contributed by atoms with E-state index in [1.807, 2.05) is 20.8 Å². The van der Waals surface area contributed by atoms with Crippen molar-refractivity contribution in [3.63, 3.8) is 0 Å². The van der Waals surface area contributed by atoms with Crippen molar-refractivity contribution in [1.29, 1.82) is 0 Å². The van der Waals surface area contributed by atoms with Gasteiger partial charge in [0.1, 0.15) is 6.61 Å². The van der Waals surface area contributed by atoms with E-state index in [1.54, 1.807) is 0 Å². The molecule has 0 atom stereocenters. The molecule has 1 aliphatic rings. The van der Waals surface area contributed by atoms with Gasteiger partial charge in [-0.2, -0.15) is 0 Å². The number of carbonyl (C=O) groups is 2. The van der Waals surface area contributed by atoms with Crippen molar-refractivity contribution in [3.05, 3.63) is 0 Å². The van der Waals surface area contributed by atoms with Gasteiger partial charge in [0.25, 0.3) is 0 Å². The van der Waals surface area contributed by atoms with E-state index in [1.165, 1.54) is 0 Å². The zero-order valence-electron chi connectivity index (χ0n) is 8.70. The number of nitrogens with zero attached hydrogens (tertiary/aromatic N) is 1. The standard InChI is InChI=1S/C9H15NO4/c1-9(2,3)6-7(11)14-10-4-5-13-8(10)12/h4-6H2,1-3H3. The summed E-state index contributed by atoms with van der Waals surface area (Å²) in [7, 11) is 0. The van der Waals surface area contributed by atoms with Gasteiger partial charge in [-0.25, -0.2) is 9.59 Å². The molecule has 0 radical (unpaired) electrons. The lowest BCUT2D eigenvalue weighted by atomic mass is 9.93. The van der Waals surface area contributed by atoms with Crippen molar-refractivity contribution < 1.29 is 19.2 Å². The molecule has 0 aromatic carbocycles. The van der Waals surface area contributed by atoms with Gasteiger partial charge in [0, 0.05) is 0 Å². The van der Waals surface area contributed by atoms with Crippen molar-refractivity contribution in [2.24, 2.45) is 5.41 Å². The van der Waals surface area contributed by atoms with Gasteiger partial charge in [0.15, 0.2) is 0 Å². The Bertz CT molecular complexity index is 244. The molecular formula is C9H15NO4. The van der Waals surface area contributed by atoms with Crippen LogP contribution in [0.25, 0.3) is 0 Å². The molecule has 1 aliphatic heterocycles. The normalized spacial score (nSPS) is 16.8. The highest BCUT2D eigenvalue weighted by atomic mass is 16.8. The van der Waals surface area contributed by atoms with Gasteiger partial charge in [-0.1, -0.05) is 20.8 Å². The quantitative estimate of drug-likeness (QED) is 0.676. The van der Waals surface area contributed by atoms with Crippen LogP contribution in [0.1, 0.15) is 27.2 Å². The molecule has 0 aromatic rings. The van der Waals surface area contributed by atoms with Crippen LogP contribution in [0.2, 0.25) is 0 Å². The predicted molar refractivity (Wildman–Crippen MR) is 48.2 cm³/mol. The highest BCUT2D eigenvalue weighted by Crippen LogP contribution is 2.19. The lowest BCUT2D eigenvalue weighted by Crippen LogP contribution is -2.29. The molecule has 80 valence electrons. The summed E-state index contributed by atoms with van der Waals surface area (Å²) in [5, 5.41) is 0.952. The Morgan fingerprint density at radius 1 is 1.57 bits per heavy atom. The second-order valence-electron chi connectivity index (χ2n) is 4.42. The molecule has 0 unspecified atom stereocenters. The first kappa shape index (κ1) is 10.8. The van der Waals surface area contributed by atoms with Crippen molar-refractivity contribution in [1.82, 2.24) is 5.06 Å². The summed E-state index contributed by atoms with van der Waals surface area (Å²) in [6.07, 6.45) is -0.316. The Morgan fingerprint density at radius 2 is 2.21 bits per heavy atom. The minimum absolute atomic E-state index is 0.138. The van der Waals surface area contributed by atoms with Crippen LogP contribution in [0.3, 0.4) is 0 Å². The van der Waals surface area contributed by atoms with Gasteiger partial charge in [-0.3, -0.25) is 0 Å². The van der Waals surface area contributed by atoms with Crippen LogP contribution in [-0.4, -0.2) is 30.3 Å². The van der Waals surface area contributed by atoms with E-state index in [-0.39, 0.29) is 18.4 Å². The monoisotopic (exact) mass is 201 g/mol. The SMILES string of the molecule is CC(C)(C)CC(=O)ON1CCOC1=O. The summed E-state index contributed by atoms with van der Waals surface area (Å²) >= 11 is 0. The molecule has 0 spiro atoms. The molecule has 1 saturated heterocycles. The fraction of sp³-hybridized carbons (Fsp3) is 0.778. The Morgan fingerprint density at radius 3 is 2.64 bits per heavy atom. The summed E-state index contributed by atoms with van der Waals surface area (Å²) in [6.45, 7) is 6.38. The Kier molecular flexibility index (Phi) is 2.98. The molecule has 5 nitrogen and oxygen atoms in total. The van der Waals surface area contributed by atoms with Gasteiger partial charge in [0.2, 0.25) is 0 Å². The maximum Gasteiger partial charge on any atom is 0.443 e. The summed E-state index contributed by atoms with van der Waals surface area (Å²) < 4.78 is 4.61. The van der Waals surface area contributed by atoms with Crippen LogP contribution in [0.5, 0.6) is 0 Å². The zero-order valence-corrected chi connectivity index (χ0v) is 8.70. The van der Waals surface area contributed by atoms with E-state index in [2.05, 4.69) is 4.74 Å². The molecule has 14 heavy (non-hydrogen) atoms. The third-order valence-electron chi connectivity index (χ3n) is 1.61. The highest BCUT2D eigenvalue weighted by Gasteiger charge is 2.27. The van der Waals surface area contributed by atoms with Crippen molar-refractivity contribution in [2.45, 2.75) is 27.2 Å². The number of hydrogen-bond donors (Lipinski definition) is 0. The topological polar surface area (TPSA) is 55.8 Å². The number of hydrogen-bond acceptors (Lipinski definition) is 4. The number of rotatable bonds is 2. The molecule has 0 aromatic heterocycles. The third kappa shape index (κ3) is 3.24. The lowest BCUT2D eigenvalue weighted by molar-refractivity contribution is -0.176. The highest BCUT2D eigenvalue weighted by molar-refractivity contribution is 5.74. The minimum atomic E-state index is -0.591. The molecule has 0 N–H and O–H groups in total. The number of ether oxygens (including phenoxy) is 1. The number of amides is 1. The predicted octanol–water partition coefficient (Wildman–Crippen LogP) is 1.33. The average Bonchev–Trinajstić information content (AvgIpc) is 2.32. The molecule has 0 bridgehead atoms. The maximum atomic E-state index is 11.3. The average molecular weight is 201 g/mol. The largest absolute Gasteiger partial charge is 0.445 e. The Labute approximate surface area is 82.9 Å². The van der Waals surface area contributed by atoms with E-state index >= 15 is 0 Å². The van der Waals surface area contributed by atoms with Crippen molar-refractivity contribution in [3.8, 4) is 0 Å². The molecule has 1 heterocycles. The molecule has 1 amide bonds. The van der Waals surface area contributed by atoms with Gasteiger partial charge in [0.05, 0.1) is 13.0 Å². The first-order valence-electron chi connectivity index (χ1n) is 4.53. The fourth-order valence-electron chi connectivity index (χ4n) is 1.05. The molecular weight excluding hydrogens is 186 g/mol. The van der Waals surface area contributed by atoms with Crippen LogP contribution < -0.4 is 0 Å². The Hall–Kier alpha value is -1.26. The summed E-state index contributed by atoms with van der Waals surface area (Å²) in [5.74, 6) is -0.406. The maximum absolute atomic E-state index is 11.3. The summed E-state index contributed by atoms with van der Waals surface area (Å²) in [4.78, 5) is 27.0. The molecule has 0 saturated carbocycles. The van der Waals surface area contributed by atoms with Crippen LogP contribution in [0.15, 0.2) is 0 Å². The minimum Gasteiger partial charge on any atom is -0.445 e. The van der Waals surface area contributed by atoms with E-state index in [0.29, 0.717) is 6.54 Å². The molecule has 5 heteroatoms. The summed E-state index contributed by atoms with van der Waals surface area (Å²) in [5.41, 5.74) is -0.138. The molecule has 1 fully saturated rings. The van der Waals surface area contributed by atoms with E-state index in [4.69, 9.17) is 4.84 Å². The van der Waals surface area contributed by atoms with Gasteiger partial charge in [-0.05, 0) is 5.41 Å². The Balaban J connectivity index is 2.37. The van der Waals surface area contributed by atoms with Crippen LogP contribution in [0.4, 0.5) is 4.79 Å².